The summed E-state index contributed by atoms with van der Waals surface area (Å²) in [6, 6.07) is 5.16. The lowest BCUT2D eigenvalue weighted by Gasteiger charge is -2.35. The van der Waals surface area contributed by atoms with Crippen molar-refractivity contribution >= 4 is 21.4 Å². The zero-order valence-electron chi connectivity index (χ0n) is 15.1. The van der Waals surface area contributed by atoms with Crippen LogP contribution in [0.3, 0.4) is 0 Å². The fraction of sp³-hybridized carbons (Fsp3) is 0.588. The number of nitrogens with zero attached hydrogens (tertiary/aromatic N) is 4. The highest BCUT2D eigenvalue weighted by Gasteiger charge is 2.30. The summed E-state index contributed by atoms with van der Waals surface area (Å²) in [5.41, 5.74) is 0. The number of thiophene rings is 1. The number of aromatic nitrogens is 1. The topological polar surface area (TPSA) is 79.1 Å². The van der Waals surface area contributed by atoms with E-state index in [4.69, 9.17) is 9.26 Å². The summed E-state index contributed by atoms with van der Waals surface area (Å²) in [6.45, 7) is 8.17. The Kier molecular flexibility index (Phi) is 5.90. The second kappa shape index (κ2) is 8.38. The molecule has 4 rings (SSSR count). The van der Waals surface area contributed by atoms with Crippen LogP contribution >= 0.6 is 11.3 Å². The standard InChI is InChI=1S/C17H24N4O4S2/c22-27(23,17-2-1-16(26-17)15-3-4-18-25-15)21-9-7-19(8-10-21)5-6-20-11-13-24-14-12-20/h1-4H,5-14H2. The zero-order chi connectivity index (χ0) is 18.7. The quantitative estimate of drug-likeness (QED) is 0.701. The molecule has 0 unspecified atom stereocenters. The number of morpholine rings is 1. The van der Waals surface area contributed by atoms with Crippen molar-refractivity contribution in [2.24, 2.45) is 0 Å². The van der Waals surface area contributed by atoms with Gasteiger partial charge in [-0.05, 0) is 12.1 Å². The molecule has 0 aromatic carbocycles. The molecule has 0 radical (unpaired) electrons. The van der Waals surface area contributed by atoms with Gasteiger partial charge < -0.3 is 9.26 Å². The summed E-state index contributed by atoms with van der Waals surface area (Å²) >= 11 is 1.23. The molecule has 8 nitrogen and oxygen atoms in total. The molecule has 0 bridgehead atoms. The third-order valence-corrected chi connectivity index (χ3v) is 8.49. The first-order chi connectivity index (χ1) is 13.1. The summed E-state index contributed by atoms with van der Waals surface area (Å²) in [7, 11) is -3.45. The number of rotatable bonds is 6. The predicted molar refractivity (Wildman–Crippen MR) is 102 cm³/mol. The third kappa shape index (κ3) is 4.41. The molecular formula is C17H24N4O4S2. The van der Waals surface area contributed by atoms with Crippen LogP contribution in [0, 0.1) is 0 Å². The molecular weight excluding hydrogens is 388 g/mol. The van der Waals surface area contributed by atoms with Crippen LogP contribution in [0.15, 0.2) is 33.1 Å². The monoisotopic (exact) mass is 412 g/mol. The first-order valence-corrected chi connectivity index (χ1v) is 11.4. The molecule has 2 aromatic rings. The molecule has 0 amide bonds. The van der Waals surface area contributed by atoms with E-state index >= 15 is 0 Å². The fourth-order valence-electron chi connectivity index (χ4n) is 3.36. The summed E-state index contributed by atoms with van der Waals surface area (Å²) in [5.74, 6) is 0.592. The van der Waals surface area contributed by atoms with E-state index in [9.17, 15) is 8.42 Å². The minimum atomic E-state index is -3.45. The van der Waals surface area contributed by atoms with Crippen LogP contribution in [0.25, 0.3) is 10.6 Å². The van der Waals surface area contributed by atoms with Gasteiger partial charge in [-0.1, -0.05) is 5.16 Å². The van der Waals surface area contributed by atoms with Crippen LogP contribution < -0.4 is 0 Å². The van der Waals surface area contributed by atoms with Gasteiger partial charge in [0.15, 0.2) is 5.76 Å². The fourth-order valence-corrected chi connectivity index (χ4v) is 6.20. The van der Waals surface area contributed by atoms with Gasteiger partial charge in [0, 0.05) is 58.4 Å². The Morgan fingerprint density at radius 2 is 1.67 bits per heavy atom. The molecule has 2 fully saturated rings. The molecule has 148 valence electrons. The minimum Gasteiger partial charge on any atom is -0.379 e. The number of hydrogen-bond donors (Lipinski definition) is 0. The average molecular weight is 413 g/mol. The molecule has 2 aliphatic heterocycles. The molecule has 27 heavy (non-hydrogen) atoms. The SMILES string of the molecule is O=S(=O)(c1ccc(-c2ccno2)s1)N1CCN(CCN2CCOCC2)CC1. The highest BCUT2D eigenvalue weighted by atomic mass is 32.2. The van der Waals surface area contributed by atoms with Crippen LogP contribution in [-0.2, 0) is 14.8 Å². The molecule has 0 atom stereocenters. The minimum absolute atomic E-state index is 0.357. The Morgan fingerprint density at radius 3 is 2.33 bits per heavy atom. The summed E-state index contributed by atoms with van der Waals surface area (Å²) in [4.78, 5) is 5.52. The van der Waals surface area contributed by atoms with Crippen LogP contribution in [0.5, 0.6) is 0 Å². The van der Waals surface area contributed by atoms with Gasteiger partial charge in [0.1, 0.15) is 4.21 Å². The Labute approximate surface area is 163 Å². The van der Waals surface area contributed by atoms with Crippen molar-refractivity contribution < 1.29 is 17.7 Å². The van der Waals surface area contributed by atoms with Crippen LogP contribution in [0.2, 0.25) is 0 Å². The zero-order valence-corrected chi connectivity index (χ0v) is 16.8. The maximum Gasteiger partial charge on any atom is 0.252 e. The maximum absolute atomic E-state index is 12.9. The third-order valence-electron chi connectivity index (χ3n) is 5.02. The molecule has 0 saturated carbocycles. The summed E-state index contributed by atoms with van der Waals surface area (Å²) < 4.78 is 38.3. The van der Waals surface area contributed by atoms with Crippen molar-refractivity contribution in [3.8, 4) is 10.6 Å². The average Bonchev–Trinajstić information content (AvgIpc) is 3.39. The van der Waals surface area contributed by atoms with Gasteiger partial charge in [0.05, 0.1) is 24.3 Å². The Bertz CT molecular complexity index is 823. The van der Waals surface area contributed by atoms with Gasteiger partial charge in [0.25, 0.3) is 10.0 Å². The molecule has 0 N–H and O–H groups in total. The lowest BCUT2D eigenvalue weighted by Crippen LogP contribution is -2.50. The van der Waals surface area contributed by atoms with E-state index in [2.05, 4.69) is 15.0 Å². The van der Waals surface area contributed by atoms with Crippen molar-refractivity contribution in [3.05, 3.63) is 24.4 Å². The molecule has 2 aliphatic rings. The lowest BCUT2D eigenvalue weighted by molar-refractivity contribution is 0.0317. The van der Waals surface area contributed by atoms with Crippen LogP contribution in [0.1, 0.15) is 0 Å². The maximum atomic E-state index is 12.9. The molecule has 2 saturated heterocycles. The Balaban J connectivity index is 1.31. The number of sulfonamides is 1. The van der Waals surface area contributed by atoms with E-state index in [1.807, 2.05) is 0 Å². The smallest absolute Gasteiger partial charge is 0.252 e. The Hall–Kier alpha value is -1.30. The second-order valence-electron chi connectivity index (χ2n) is 6.70. The van der Waals surface area contributed by atoms with E-state index in [0.717, 1.165) is 57.4 Å². The van der Waals surface area contributed by atoms with Crippen molar-refractivity contribution in [1.82, 2.24) is 19.3 Å². The largest absolute Gasteiger partial charge is 0.379 e. The first kappa shape index (κ1) is 19.0. The molecule has 4 heterocycles. The van der Waals surface area contributed by atoms with Crippen molar-refractivity contribution in [2.45, 2.75) is 4.21 Å². The normalized spacial score (nSPS) is 20.9. The van der Waals surface area contributed by atoms with E-state index < -0.39 is 10.0 Å². The molecule has 2 aromatic heterocycles. The van der Waals surface area contributed by atoms with E-state index in [0.29, 0.717) is 23.1 Å². The number of hydrogen-bond acceptors (Lipinski definition) is 8. The summed E-state index contributed by atoms with van der Waals surface area (Å²) in [5, 5.41) is 3.68. The van der Waals surface area contributed by atoms with Gasteiger partial charge >= 0.3 is 0 Å². The van der Waals surface area contributed by atoms with E-state index in [1.54, 1.807) is 28.7 Å². The van der Waals surface area contributed by atoms with Gasteiger partial charge in [-0.25, -0.2) is 8.42 Å². The summed E-state index contributed by atoms with van der Waals surface area (Å²) in [6.07, 6.45) is 1.55. The second-order valence-corrected chi connectivity index (χ2v) is 9.94. The van der Waals surface area contributed by atoms with Gasteiger partial charge in [-0.15, -0.1) is 11.3 Å². The van der Waals surface area contributed by atoms with Gasteiger partial charge in [-0.3, -0.25) is 9.80 Å². The number of piperazine rings is 1. The van der Waals surface area contributed by atoms with Crippen molar-refractivity contribution in [2.75, 3.05) is 65.6 Å². The van der Waals surface area contributed by atoms with Crippen LogP contribution in [-0.4, -0.2) is 93.3 Å². The lowest BCUT2D eigenvalue weighted by atomic mass is 10.3. The van der Waals surface area contributed by atoms with Crippen molar-refractivity contribution in [3.63, 3.8) is 0 Å². The Morgan fingerprint density at radius 1 is 0.963 bits per heavy atom. The first-order valence-electron chi connectivity index (χ1n) is 9.16. The van der Waals surface area contributed by atoms with Gasteiger partial charge in [-0.2, -0.15) is 4.31 Å². The van der Waals surface area contributed by atoms with E-state index in [1.165, 1.54) is 11.3 Å². The van der Waals surface area contributed by atoms with Crippen molar-refractivity contribution in [1.29, 1.82) is 0 Å². The van der Waals surface area contributed by atoms with Gasteiger partial charge in [0.2, 0.25) is 0 Å². The van der Waals surface area contributed by atoms with Crippen LogP contribution in [0.4, 0.5) is 0 Å². The number of ether oxygens (including phenoxy) is 1. The molecule has 0 aliphatic carbocycles. The predicted octanol–water partition coefficient (Wildman–Crippen LogP) is 1.04. The van der Waals surface area contributed by atoms with E-state index in [-0.39, 0.29) is 0 Å². The molecule has 0 spiro atoms. The highest BCUT2D eigenvalue weighted by Crippen LogP contribution is 2.32. The highest BCUT2D eigenvalue weighted by molar-refractivity contribution is 7.91. The molecule has 10 heteroatoms.